The minimum Gasteiger partial charge on any atom is -0.354 e. The minimum atomic E-state index is -0.242. The highest BCUT2D eigenvalue weighted by molar-refractivity contribution is 5.79. The molecule has 0 radical (unpaired) electrons. The zero-order chi connectivity index (χ0) is 17.1. The molecule has 1 aliphatic heterocycles. The minimum absolute atomic E-state index is 0.0229. The van der Waals surface area contributed by atoms with E-state index in [9.17, 15) is 9.18 Å². The van der Waals surface area contributed by atoms with Crippen LogP contribution in [-0.2, 0) is 4.79 Å². The van der Waals surface area contributed by atoms with Crippen LogP contribution < -0.4 is 16.2 Å². The Morgan fingerprint density at radius 2 is 2.08 bits per heavy atom. The molecule has 0 spiro atoms. The molecule has 24 heavy (non-hydrogen) atoms. The molecule has 1 aliphatic carbocycles. The molecule has 6 heteroatoms. The predicted molar refractivity (Wildman–Crippen MR) is 91.6 cm³/mol. The summed E-state index contributed by atoms with van der Waals surface area (Å²) in [6.45, 7) is 1.48. The third kappa shape index (κ3) is 3.77. The van der Waals surface area contributed by atoms with Gasteiger partial charge in [0.1, 0.15) is 5.82 Å². The number of nitrogens with one attached hydrogen (secondary N) is 3. The number of fused-ring (bicyclic) bond motifs is 1. The van der Waals surface area contributed by atoms with Gasteiger partial charge in [0.2, 0.25) is 5.91 Å². The molecule has 1 aromatic carbocycles. The Hall–Kier alpha value is -1.50. The van der Waals surface area contributed by atoms with Gasteiger partial charge in [0, 0.05) is 19.1 Å². The van der Waals surface area contributed by atoms with Gasteiger partial charge in [0.15, 0.2) is 0 Å². The van der Waals surface area contributed by atoms with Crippen molar-refractivity contribution in [3.63, 3.8) is 0 Å². The second-order valence-electron chi connectivity index (χ2n) is 7.12. The summed E-state index contributed by atoms with van der Waals surface area (Å²) in [6.07, 6.45) is 3.23. The molecule has 4 unspecified atom stereocenters. The summed E-state index contributed by atoms with van der Waals surface area (Å²) in [7, 11) is 3.94. The van der Waals surface area contributed by atoms with E-state index in [2.05, 4.69) is 16.2 Å². The maximum atomic E-state index is 13.1. The number of hydrogen-bond acceptors (Lipinski definition) is 4. The summed E-state index contributed by atoms with van der Waals surface area (Å²) in [5, 5.41) is 3.12. The fourth-order valence-electron chi connectivity index (χ4n) is 3.95. The molecule has 3 rings (SSSR count). The smallest absolute Gasteiger partial charge is 0.224 e. The molecule has 1 saturated heterocycles. The summed E-state index contributed by atoms with van der Waals surface area (Å²) in [5.74, 6) is 0.453. The number of benzene rings is 1. The van der Waals surface area contributed by atoms with Gasteiger partial charge in [-0.2, -0.15) is 0 Å². The number of likely N-dealkylation sites (N-methyl/N-ethyl adjacent to an activating group) is 1. The summed E-state index contributed by atoms with van der Waals surface area (Å²) >= 11 is 0. The van der Waals surface area contributed by atoms with Gasteiger partial charge in [0.05, 0.1) is 12.0 Å². The van der Waals surface area contributed by atoms with E-state index in [0.717, 1.165) is 24.9 Å². The number of amides is 1. The Morgan fingerprint density at radius 1 is 1.33 bits per heavy atom. The van der Waals surface area contributed by atoms with Gasteiger partial charge in [-0.1, -0.05) is 18.6 Å². The van der Waals surface area contributed by atoms with Crippen LogP contribution in [0.25, 0.3) is 0 Å². The maximum absolute atomic E-state index is 13.1. The van der Waals surface area contributed by atoms with Crippen molar-refractivity contribution in [2.45, 2.75) is 31.3 Å². The third-order valence-corrected chi connectivity index (χ3v) is 5.35. The molecule has 132 valence electrons. The topological polar surface area (TPSA) is 56.4 Å². The molecule has 1 heterocycles. The Labute approximate surface area is 143 Å². The van der Waals surface area contributed by atoms with Crippen LogP contribution in [0.4, 0.5) is 4.39 Å². The fourth-order valence-corrected chi connectivity index (χ4v) is 3.95. The molecular formula is C18H27FN4O. The number of carbonyl (C=O) groups excluding carboxylic acids is 1. The van der Waals surface area contributed by atoms with Crippen LogP contribution in [0.3, 0.4) is 0 Å². The standard InChI is InChI=1S/C18H27FN4O/c1-23(2)16(12-6-8-14(19)9-7-12)11-20-18(24)15-5-3-4-13-10-21-22-17(13)15/h6-9,13,15-17,21-22H,3-5,10-11H2,1-2H3,(H,20,24). The van der Waals surface area contributed by atoms with Crippen LogP contribution in [0.2, 0.25) is 0 Å². The van der Waals surface area contributed by atoms with Crippen molar-refractivity contribution in [3.8, 4) is 0 Å². The van der Waals surface area contributed by atoms with Crippen molar-refractivity contribution in [2.75, 3.05) is 27.2 Å². The van der Waals surface area contributed by atoms with Crippen molar-refractivity contribution < 1.29 is 9.18 Å². The Morgan fingerprint density at radius 3 is 2.79 bits per heavy atom. The van der Waals surface area contributed by atoms with Crippen LogP contribution in [0.15, 0.2) is 24.3 Å². The van der Waals surface area contributed by atoms with Gasteiger partial charge in [0.25, 0.3) is 0 Å². The number of hydrazine groups is 1. The first kappa shape index (κ1) is 17.3. The van der Waals surface area contributed by atoms with Gasteiger partial charge in [-0.3, -0.25) is 15.6 Å². The SMILES string of the molecule is CN(C)C(CNC(=O)C1CCCC2CNNC21)c1ccc(F)cc1. The van der Waals surface area contributed by atoms with Gasteiger partial charge in [-0.15, -0.1) is 0 Å². The number of nitrogens with zero attached hydrogens (tertiary/aromatic N) is 1. The van der Waals surface area contributed by atoms with Crippen LogP contribution in [-0.4, -0.2) is 44.0 Å². The zero-order valence-corrected chi connectivity index (χ0v) is 14.4. The molecule has 1 saturated carbocycles. The summed E-state index contributed by atoms with van der Waals surface area (Å²) in [6, 6.07) is 6.77. The van der Waals surface area contributed by atoms with Gasteiger partial charge in [-0.25, -0.2) is 4.39 Å². The van der Waals surface area contributed by atoms with E-state index in [1.54, 1.807) is 12.1 Å². The first-order chi connectivity index (χ1) is 11.6. The molecule has 2 aliphatic rings. The van der Waals surface area contributed by atoms with E-state index in [4.69, 9.17) is 0 Å². The average molecular weight is 334 g/mol. The van der Waals surface area contributed by atoms with Crippen molar-refractivity contribution in [3.05, 3.63) is 35.6 Å². The number of rotatable bonds is 5. The Bertz CT molecular complexity index is 563. The summed E-state index contributed by atoms with van der Waals surface area (Å²) in [5.41, 5.74) is 7.47. The predicted octanol–water partition coefficient (Wildman–Crippen LogP) is 1.44. The number of carbonyl (C=O) groups is 1. The summed E-state index contributed by atoms with van der Waals surface area (Å²) in [4.78, 5) is 14.7. The van der Waals surface area contributed by atoms with Gasteiger partial charge >= 0.3 is 0 Å². The lowest BCUT2D eigenvalue weighted by Gasteiger charge is -2.33. The van der Waals surface area contributed by atoms with Gasteiger partial charge < -0.3 is 10.2 Å². The van der Waals surface area contributed by atoms with Crippen molar-refractivity contribution >= 4 is 5.91 Å². The Balaban J connectivity index is 1.61. The normalized spacial score (nSPS) is 27.8. The van der Waals surface area contributed by atoms with E-state index in [0.29, 0.717) is 12.5 Å². The highest BCUT2D eigenvalue weighted by Gasteiger charge is 2.40. The monoisotopic (exact) mass is 334 g/mol. The lowest BCUT2D eigenvalue weighted by Crippen LogP contribution is -2.49. The second-order valence-corrected chi connectivity index (χ2v) is 7.12. The quantitative estimate of drug-likeness (QED) is 0.763. The molecule has 0 bridgehead atoms. The Kier molecular flexibility index (Phi) is 5.48. The van der Waals surface area contributed by atoms with Crippen molar-refractivity contribution in [2.24, 2.45) is 11.8 Å². The molecule has 1 amide bonds. The molecule has 2 fully saturated rings. The fraction of sp³-hybridized carbons (Fsp3) is 0.611. The molecule has 4 atom stereocenters. The van der Waals surface area contributed by atoms with Crippen LogP contribution in [0.1, 0.15) is 30.9 Å². The van der Waals surface area contributed by atoms with E-state index >= 15 is 0 Å². The lowest BCUT2D eigenvalue weighted by molar-refractivity contribution is -0.127. The first-order valence-electron chi connectivity index (χ1n) is 8.74. The molecule has 1 aromatic rings. The van der Waals surface area contributed by atoms with E-state index in [1.165, 1.54) is 18.6 Å². The van der Waals surface area contributed by atoms with E-state index in [1.807, 2.05) is 19.0 Å². The highest BCUT2D eigenvalue weighted by atomic mass is 19.1. The largest absolute Gasteiger partial charge is 0.354 e. The van der Waals surface area contributed by atoms with E-state index < -0.39 is 0 Å². The van der Waals surface area contributed by atoms with Crippen LogP contribution in [0.5, 0.6) is 0 Å². The van der Waals surface area contributed by atoms with Crippen LogP contribution >= 0.6 is 0 Å². The lowest BCUT2D eigenvalue weighted by atomic mass is 9.77. The summed E-state index contributed by atoms with van der Waals surface area (Å²) < 4.78 is 13.1. The van der Waals surface area contributed by atoms with Crippen LogP contribution in [0, 0.1) is 17.7 Å². The number of hydrogen-bond donors (Lipinski definition) is 3. The molecular weight excluding hydrogens is 307 g/mol. The van der Waals surface area contributed by atoms with Crippen molar-refractivity contribution in [1.29, 1.82) is 0 Å². The molecule has 3 N–H and O–H groups in total. The molecule has 5 nitrogen and oxygen atoms in total. The first-order valence-corrected chi connectivity index (χ1v) is 8.74. The maximum Gasteiger partial charge on any atom is 0.224 e. The van der Waals surface area contributed by atoms with E-state index in [-0.39, 0.29) is 29.7 Å². The second kappa shape index (κ2) is 7.59. The highest BCUT2D eigenvalue weighted by Crippen LogP contribution is 2.31. The number of halogens is 1. The average Bonchev–Trinajstić information content (AvgIpc) is 3.04. The third-order valence-electron chi connectivity index (χ3n) is 5.35. The van der Waals surface area contributed by atoms with Gasteiger partial charge in [-0.05, 0) is 50.6 Å². The zero-order valence-electron chi connectivity index (χ0n) is 14.4. The van der Waals surface area contributed by atoms with Crippen molar-refractivity contribution in [1.82, 2.24) is 21.1 Å². The molecule has 0 aromatic heterocycles.